The normalized spacial score (nSPS) is 11.0. The summed E-state index contributed by atoms with van der Waals surface area (Å²) in [4.78, 5) is 0. The molecule has 0 N–H and O–H groups in total. The van der Waals surface area contributed by atoms with Crippen molar-refractivity contribution in [2.75, 3.05) is 0 Å². The maximum absolute atomic E-state index is 5.83. The Kier molecular flexibility index (Phi) is 3.25. The van der Waals surface area contributed by atoms with Crippen molar-refractivity contribution in [3.05, 3.63) is 42.0 Å². The van der Waals surface area contributed by atoms with E-state index < -0.39 is 0 Å². The standard InChI is InChI=1S/C12H14ClN3/c1-9(2)10-5-3-4-6-11(10)16-8-14-15-12(16)7-13/h3-6,8-9H,7H2,1-2H3. The van der Waals surface area contributed by atoms with Gasteiger partial charge in [0.2, 0.25) is 0 Å². The molecule has 84 valence electrons. The van der Waals surface area contributed by atoms with Gasteiger partial charge in [-0.1, -0.05) is 32.0 Å². The molecule has 1 heterocycles. The van der Waals surface area contributed by atoms with Crippen LogP contribution in [0, 0.1) is 0 Å². The highest BCUT2D eigenvalue weighted by atomic mass is 35.5. The minimum absolute atomic E-state index is 0.367. The number of para-hydroxylation sites is 1. The molecule has 2 rings (SSSR count). The zero-order chi connectivity index (χ0) is 11.5. The van der Waals surface area contributed by atoms with Crippen LogP contribution in [0.5, 0.6) is 0 Å². The molecule has 0 fully saturated rings. The maximum atomic E-state index is 5.83. The van der Waals surface area contributed by atoms with Crippen LogP contribution < -0.4 is 0 Å². The molecule has 0 spiro atoms. The first-order chi connectivity index (χ1) is 7.74. The molecule has 0 amide bonds. The van der Waals surface area contributed by atoms with E-state index in [1.165, 1.54) is 5.56 Å². The topological polar surface area (TPSA) is 30.7 Å². The molecular weight excluding hydrogens is 222 g/mol. The summed E-state index contributed by atoms with van der Waals surface area (Å²) in [6, 6.07) is 8.25. The van der Waals surface area contributed by atoms with Gasteiger partial charge in [-0.15, -0.1) is 21.8 Å². The Balaban J connectivity index is 2.55. The van der Waals surface area contributed by atoms with Gasteiger partial charge in [0.15, 0.2) is 5.82 Å². The number of hydrogen-bond donors (Lipinski definition) is 0. The van der Waals surface area contributed by atoms with Gasteiger partial charge in [0.05, 0.1) is 11.6 Å². The van der Waals surface area contributed by atoms with Gasteiger partial charge in [0, 0.05) is 0 Å². The van der Waals surface area contributed by atoms with E-state index >= 15 is 0 Å². The molecule has 0 radical (unpaired) electrons. The van der Waals surface area contributed by atoms with Gasteiger partial charge in [0.1, 0.15) is 6.33 Å². The highest BCUT2D eigenvalue weighted by Crippen LogP contribution is 2.23. The van der Waals surface area contributed by atoms with Crippen LogP contribution in [0.1, 0.15) is 31.2 Å². The molecule has 0 unspecified atom stereocenters. The van der Waals surface area contributed by atoms with Crippen molar-refractivity contribution in [2.24, 2.45) is 0 Å². The number of halogens is 1. The summed E-state index contributed by atoms with van der Waals surface area (Å²) >= 11 is 5.83. The Morgan fingerprint density at radius 2 is 2.06 bits per heavy atom. The van der Waals surface area contributed by atoms with Crippen LogP contribution in [0.25, 0.3) is 5.69 Å². The number of aromatic nitrogens is 3. The van der Waals surface area contributed by atoms with Gasteiger partial charge in [-0.3, -0.25) is 4.57 Å². The molecule has 0 saturated carbocycles. The average molecular weight is 236 g/mol. The van der Waals surface area contributed by atoms with Crippen LogP contribution >= 0.6 is 11.6 Å². The molecule has 0 aliphatic carbocycles. The third kappa shape index (κ3) is 1.95. The van der Waals surface area contributed by atoms with E-state index in [0.717, 1.165) is 11.5 Å². The average Bonchev–Trinajstić information content (AvgIpc) is 2.76. The molecule has 1 aromatic heterocycles. The molecule has 16 heavy (non-hydrogen) atoms. The molecule has 0 bridgehead atoms. The third-order valence-electron chi connectivity index (χ3n) is 2.56. The third-order valence-corrected chi connectivity index (χ3v) is 2.80. The minimum Gasteiger partial charge on any atom is -0.284 e. The second kappa shape index (κ2) is 4.66. The fourth-order valence-electron chi connectivity index (χ4n) is 1.75. The Labute approximate surface area is 100 Å². The molecular formula is C12H14ClN3. The van der Waals surface area contributed by atoms with Crippen molar-refractivity contribution >= 4 is 11.6 Å². The fourth-order valence-corrected chi connectivity index (χ4v) is 1.93. The van der Waals surface area contributed by atoms with E-state index in [9.17, 15) is 0 Å². The Bertz CT molecular complexity index is 477. The Morgan fingerprint density at radius 3 is 2.75 bits per heavy atom. The summed E-state index contributed by atoms with van der Waals surface area (Å²) in [5.74, 6) is 1.60. The van der Waals surface area contributed by atoms with Crippen molar-refractivity contribution in [2.45, 2.75) is 25.6 Å². The Morgan fingerprint density at radius 1 is 1.31 bits per heavy atom. The lowest BCUT2D eigenvalue weighted by Gasteiger charge is -2.13. The number of benzene rings is 1. The largest absolute Gasteiger partial charge is 0.284 e. The first-order valence-electron chi connectivity index (χ1n) is 5.28. The predicted octanol–water partition coefficient (Wildman–Crippen LogP) is 3.13. The number of hydrogen-bond acceptors (Lipinski definition) is 2. The van der Waals surface area contributed by atoms with E-state index in [-0.39, 0.29) is 0 Å². The van der Waals surface area contributed by atoms with Crippen molar-refractivity contribution in [3.8, 4) is 5.69 Å². The van der Waals surface area contributed by atoms with Crippen LogP contribution in [-0.2, 0) is 5.88 Å². The van der Waals surface area contributed by atoms with Crippen LogP contribution in [0.2, 0.25) is 0 Å². The van der Waals surface area contributed by atoms with Gasteiger partial charge in [0.25, 0.3) is 0 Å². The van der Waals surface area contributed by atoms with Gasteiger partial charge < -0.3 is 0 Å². The van der Waals surface area contributed by atoms with E-state index in [4.69, 9.17) is 11.6 Å². The highest BCUT2D eigenvalue weighted by Gasteiger charge is 2.10. The summed E-state index contributed by atoms with van der Waals surface area (Å²) < 4.78 is 1.95. The zero-order valence-corrected chi connectivity index (χ0v) is 10.1. The van der Waals surface area contributed by atoms with Crippen molar-refractivity contribution in [1.82, 2.24) is 14.8 Å². The molecule has 0 atom stereocenters. The van der Waals surface area contributed by atoms with E-state index in [0.29, 0.717) is 11.8 Å². The molecule has 2 aromatic rings. The lowest BCUT2D eigenvalue weighted by Crippen LogP contribution is -2.03. The molecule has 4 heteroatoms. The summed E-state index contributed by atoms with van der Waals surface area (Å²) in [5, 5.41) is 7.89. The van der Waals surface area contributed by atoms with Gasteiger partial charge in [-0.05, 0) is 17.5 Å². The lowest BCUT2D eigenvalue weighted by atomic mass is 10.0. The van der Waals surface area contributed by atoms with Gasteiger partial charge in [-0.2, -0.15) is 0 Å². The molecule has 0 saturated heterocycles. The first-order valence-corrected chi connectivity index (χ1v) is 5.81. The van der Waals surface area contributed by atoms with E-state index in [2.05, 4.69) is 36.2 Å². The van der Waals surface area contributed by atoms with Crippen molar-refractivity contribution in [1.29, 1.82) is 0 Å². The second-order valence-corrected chi connectivity index (χ2v) is 4.23. The summed E-state index contributed by atoms with van der Waals surface area (Å²) in [5.41, 5.74) is 2.38. The molecule has 0 aliphatic rings. The minimum atomic E-state index is 0.367. The molecule has 1 aromatic carbocycles. The van der Waals surface area contributed by atoms with Crippen molar-refractivity contribution in [3.63, 3.8) is 0 Å². The quantitative estimate of drug-likeness (QED) is 0.766. The number of nitrogens with zero attached hydrogens (tertiary/aromatic N) is 3. The SMILES string of the molecule is CC(C)c1ccccc1-n1cnnc1CCl. The highest BCUT2D eigenvalue weighted by molar-refractivity contribution is 6.16. The maximum Gasteiger partial charge on any atom is 0.152 e. The summed E-state index contributed by atoms with van der Waals surface area (Å²) in [7, 11) is 0. The van der Waals surface area contributed by atoms with E-state index in [1.807, 2.05) is 16.7 Å². The van der Waals surface area contributed by atoms with Gasteiger partial charge in [-0.25, -0.2) is 0 Å². The van der Waals surface area contributed by atoms with Crippen LogP contribution in [-0.4, -0.2) is 14.8 Å². The summed E-state index contributed by atoms with van der Waals surface area (Å²) in [6.45, 7) is 4.34. The zero-order valence-electron chi connectivity index (χ0n) is 9.39. The second-order valence-electron chi connectivity index (χ2n) is 3.96. The smallest absolute Gasteiger partial charge is 0.152 e. The van der Waals surface area contributed by atoms with Gasteiger partial charge >= 0.3 is 0 Å². The number of alkyl halides is 1. The van der Waals surface area contributed by atoms with Crippen molar-refractivity contribution < 1.29 is 0 Å². The fraction of sp³-hybridized carbons (Fsp3) is 0.333. The van der Waals surface area contributed by atoms with Crippen LogP contribution in [0.3, 0.4) is 0 Å². The summed E-state index contributed by atoms with van der Waals surface area (Å²) in [6.07, 6.45) is 1.71. The van der Waals surface area contributed by atoms with Crippen LogP contribution in [0.4, 0.5) is 0 Å². The number of rotatable bonds is 3. The monoisotopic (exact) mass is 235 g/mol. The predicted molar refractivity (Wildman–Crippen MR) is 65.0 cm³/mol. The van der Waals surface area contributed by atoms with Crippen LogP contribution in [0.15, 0.2) is 30.6 Å². The molecule has 3 nitrogen and oxygen atoms in total. The Hall–Kier alpha value is -1.35. The van der Waals surface area contributed by atoms with E-state index in [1.54, 1.807) is 6.33 Å². The first kappa shape index (κ1) is 11.1. The molecule has 0 aliphatic heterocycles. The lowest BCUT2D eigenvalue weighted by molar-refractivity contribution is 0.836.